The number of anilines is 3. The van der Waals surface area contributed by atoms with E-state index in [1.54, 1.807) is 36.5 Å². The number of benzene rings is 1. The van der Waals surface area contributed by atoms with E-state index in [4.69, 9.17) is 0 Å². The lowest BCUT2D eigenvalue weighted by molar-refractivity contribution is 0.102. The van der Waals surface area contributed by atoms with Gasteiger partial charge in [0.2, 0.25) is 0 Å². The second-order valence-electron chi connectivity index (χ2n) is 7.27. The molecule has 0 spiro atoms. The summed E-state index contributed by atoms with van der Waals surface area (Å²) < 4.78 is 0. The molecule has 7 heteroatoms. The highest BCUT2D eigenvalue weighted by atomic mass is 16.2. The van der Waals surface area contributed by atoms with Gasteiger partial charge in [0.05, 0.1) is 16.9 Å². The first-order valence-corrected chi connectivity index (χ1v) is 9.19. The normalized spacial score (nSPS) is 22.3. The fraction of sp³-hybridized carbons (Fsp3) is 0.350. The quantitative estimate of drug-likeness (QED) is 0.815. The van der Waals surface area contributed by atoms with Gasteiger partial charge in [-0.25, -0.2) is 14.7 Å². The smallest absolute Gasteiger partial charge is 0.328 e. The lowest BCUT2D eigenvalue weighted by Crippen LogP contribution is -2.51. The predicted molar refractivity (Wildman–Crippen MR) is 104 cm³/mol. The van der Waals surface area contributed by atoms with Crippen LogP contribution in [-0.2, 0) is 0 Å². The second kappa shape index (κ2) is 7.00. The molecule has 1 fully saturated rings. The van der Waals surface area contributed by atoms with E-state index in [2.05, 4.69) is 34.5 Å². The molecular weight excluding hydrogens is 342 g/mol. The summed E-state index contributed by atoms with van der Waals surface area (Å²) in [4.78, 5) is 34.1. The molecule has 1 saturated heterocycles. The molecule has 2 N–H and O–H groups in total. The maximum atomic E-state index is 13.3. The minimum absolute atomic E-state index is 0.0833. The number of hydrogen-bond acceptors (Lipinski definition) is 4. The van der Waals surface area contributed by atoms with E-state index < -0.39 is 0 Å². The van der Waals surface area contributed by atoms with Crippen LogP contribution < -0.4 is 15.5 Å². The first-order valence-electron chi connectivity index (χ1n) is 9.19. The highest BCUT2D eigenvalue weighted by Gasteiger charge is 2.33. The van der Waals surface area contributed by atoms with Crippen LogP contribution in [0, 0.1) is 5.92 Å². The van der Waals surface area contributed by atoms with Gasteiger partial charge in [-0.15, -0.1) is 0 Å². The number of carbonyl (C=O) groups excluding carboxylic acids is 2. The van der Waals surface area contributed by atoms with Crippen molar-refractivity contribution in [3.63, 3.8) is 0 Å². The molecule has 7 nitrogen and oxygen atoms in total. The van der Waals surface area contributed by atoms with Crippen molar-refractivity contribution in [2.45, 2.75) is 19.4 Å². The summed E-state index contributed by atoms with van der Waals surface area (Å²) in [5.74, 6) is 0.523. The summed E-state index contributed by atoms with van der Waals surface area (Å²) in [7, 11) is 2.09. The Labute approximate surface area is 158 Å². The maximum absolute atomic E-state index is 13.3. The Kier molecular flexibility index (Phi) is 4.53. The Morgan fingerprint density at radius 1 is 1.26 bits per heavy atom. The highest BCUT2D eigenvalue weighted by Crippen LogP contribution is 2.36. The van der Waals surface area contributed by atoms with Crippen LogP contribution in [0.4, 0.5) is 22.0 Å². The van der Waals surface area contributed by atoms with Crippen molar-refractivity contribution in [3.8, 4) is 0 Å². The Bertz CT molecular complexity index is 884. The zero-order valence-corrected chi connectivity index (χ0v) is 15.5. The SMILES string of the molecule is CC1CN(C)CCC1NC(=O)N1c2ccccc2C(=O)Nc2cccnc21. The molecular formula is C20H23N5O2. The third-order valence-corrected chi connectivity index (χ3v) is 5.26. The average molecular weight is 365 g/mol. The van der Waals surface area contributed by atoms with Crippen LogP contribution >= 0.6 is 0 Å². The topological polar surface area (TPSA) is 77.6 Å². The molecule has 2 aromatic rings. The number of fused-ring (bicyclic) bond motifs is 2. The van der Waals surface area contributed by atoms with Crippen molar-refractivity contribution in [2.24, 2.45) is 5.92 Å². The Morgan fingerprint density at radius 2 is 2.07 bits per heavy atom. The lowest BCUT2D eigenvalue weighted by Gasteiger charge is -2.36. The summed E-state index contributed by atoms with van der Waals surface area (Å²) in [5, 5.41) is 6.02. The number of rotatable bonds is 1. The van der Waals surface area contributed by atoms with Gasteiger partial charge in [-0.2, -0.15) is 0 Å². The van der Waals surface area contributed by atoms with Gasteiger partial charge in [-0.3, -0.25) is 4.79 Å². The van der Waals surface area contributed by atoms with Gasteiger partial charge in [0, 0.05) is 18.8 Å². The molecule has 0 saturated carbocycles. The summed E-state index contributed by atoms with van der Waals surface area (Å²) in [5.41, 5.74) is 1.50. The monoisotopic (exact) mass is 365 g/mol. The number of nitrogens with zero attached hydrogens (tertiary/aromatic N) is 3. The van der Waals surface area contributed by atoms with Gasteiger partial charge in [0.15, 0.2) is 5.82 Å². The van der Waals surface area contributed by atoms with Gasteiger partial charge >= 0.3 is 6.03 Å². The fourth-order valence-corrected chi connectivity index (χ4v) is 3.83. The van der Waals surface area contributed by atoms with E-state index in [1.807, 2.05) is 6.07 Å². The largest absolute Gasteiger partial charge is 0.334 e. The molecule has 140 valence electrons. The number of piperidine rings is 1. The molecule has 1 aromatic heterocycles. The van der Waals surface area contributed by atoms with Crippen molar-refractivity contribution in [3.05, 3.63) is 48.2 Å². The van der Waals surface area contributed by atoms with Gasteiger partial charge < -0.3 is 15.5 Å². The molecule has 2 aliphatic heterocycles. The van der Waals surface area contributed by atoms with E-state index in [-0.39, 0.29) is 18.0 Å². The van der Waals surface area contributed by atoms with Crippen molar-refractivity contribution in [1.29, 1.82) is 0 Å². The summed E-state index contributed by atoms with van der Waals surface area (Å²) in [6, 6.07) is 10.4. The summed E-state index contributed by atoms with van der Waals surface area (Å²) >= 11 is 0. The van der Waals surface area contributed by atoms with Crippen molar-refractivity contribution < 1.29 is 9.59 Å². The van der Waals surface area contributed by atoms with Gasteiger partial charge in [-0.05, 0) is 50.2 Å². The number of nitrogens with one attached hydrogen (secondary N) is 2. The molecule has 0 bridgehead atoms. The number of carbonyl (C=O) groups is 2. The molecule has 0 aliphatic carbocycles. The van der Waals surface area contributed by atoms with E-state index in [0.29, 0.717) is 28.7 Å². The average Bonchev–Trinajstić information content (AvgIpc) is 2.78. The Balaban J connectivity index is 1.71. The maximum Gasteiger partial charge on any atom is 0.328 e. The molecule has 3 heterocycles. The fourth-order valence-electron chi connectivity index (χ4n) is 3.83. The first kappa shape index (κ1) is 17.5. The van der Waals surface area contributed by atoms with E-state index in [1.165, 1.54) is 4.90 Å². The van der Waals surface area contributed by atoms with Gasteiger partial charge in [0.1, 0.15) is 0 Å². The molecule has 27 heavy (non-hydrogen) atoms. The van der Waals surface area contributed by atoms with Crippen LogP contribution in [-0.4, -0.2) is 48.0 Å². The highest BCUT2D eigenvalue weighted by molar-refractivity contribution is 6.16. The van der Waals surface area contributed by atoms with Crippen LogP contribution in [0.2, 0.25) is 0 Å². The van der Waals surface area contributed by atoms with E-state index >= 15 is 0 Å². The number of pyridine rings is 1. The number of likely N-dealkylation sites (tertiary alicyclic amines) is 1. The molecule has 2 unspecified atom stereocenters. The number of para-hydroxylation sites is 1. The number of aromatic nitrogens is 1. The van der Waals surface area contributed by atoms with Crippen molar-refractivity contribution in [1.82, 2.24) is 15.2 Å². The van der Waals surface area contributed by atoms with Gasteiger partial charge in [0.25, 0.3) is 5.91 Å². The Hall–Kier alpha value is -2.93. The minimum atomic E-state index is -0.264. The summed E-state index contributed by atoms with van der Waals surface area (Å²) in [6.07, 6.45) is 2.52. The molecule has 1 aromatic carbocycles. The number of urea groups is 1. The zero-order valence-electron chi connectivity index (χ0n) is 15.5. The summed E-state index contributed by atoms with van der Waals surface area (Å²) in [6.45, 7) is 4.03. The van der Waals surface area contributed by atoms with E-state index in [0.717, 1.165) is 19.5 Å². The first-order chi connectivity index (χ1) is 13.0. The van der Waals surface area contributed by atoms with Crippen molar-refractivity contribution >= 4 is 29.1 Å². The van der Waals surface area contributed by atoms with Crippen molar-refractivity contribution in [2.75, 3.05) is 30.4 Å². The minimum Gasteiger partial charge on any atom is -0.334 e. The number of amides is 3. The van der Waals surface area contributed by atoms with Crippen LogP contribution in [0.3, 0.4) is 0 Å². The van der Waals surface area contributed by atoms with E-state index in [9.17, 15) is 9.59 Å². The van der Waals surface area contributed by atoms with Crippen LogP contribution in [0.25, 0.3) is 0 Å². The molecule has 2 atom stereocenters. The molecule has 3 amide bonds. The van der Waals surface area contributed by atoms with Crippen LogP contribution in [0.15, 0.2) is 42.6 Å². The standard InChI is InChI=1S/C20H23N5O2/c1-13-12-24(2)11-9-15(13)23-20(27)25-17-8-4-3-6-14(17)19(26)22-16-7-5-10-21-18(16)25/h3-8,10,13,15H,9,11-12H2,1-2H3,(H,22,26)(H,23,27). The molecule has 4 rings (SSSR count). The predicted octanol–water partition coefficient (Wildman–Crippen LogP) is 2.84. The third-order valence-electron chi connectivity index (χ3n) is 5.26. The number of hydrogen-bond donors (Lipinski definition) is 2. The third kappa shape index (κ3) is 3.26. The molecule has 2 aliphatic rings. The van der Waals surface area contributed by atoms with Crippen LogP contribution in [0.5, 0.6) is 0 Å². The van der Waals surface area contributed by atoms with Gasteiger partial charge in [-0.1, -0.05) is 19.1 Å². The zero-order chi connectivity index (χ0) is 19.0. The molecule has 0 radical (unpaired) electrons. The second-order valence-corrected chi connectivity index (χ2v) is 7.27. The Morgan fingerprint density at radius 3 is 2.89 bits per heavy atom. The van der Waals surface area contributed by atoms with Crippen LogP contribution in [0.1, 0.15) is 23.7 Å². The lowest BCUT2D eigenvalue weighted by atomic mass is 9.94.